The smallest absolute Gasteiger partial charge is 0.181 e. The highest BCUT2D eigenvalue weighted by molar-refractivity contribution is 7.22. The molecule has 2 aromatic heterocycles. The summed E-state index contributed by atoms with van der Waals surface area (Å²) in [5, 5.41) is 0.598. The number of fused-ring (bicyclic) bond motifs is 1. The molecule has 5 heteroatoms. The van der Waals surface area contributed by atoms with Crippen molar-refractivity contribution in [3.8, 4) is 11.1 Å². The number of thiazole rings is 1. The van der Waals surface area contributed by atoms with Crippen molar-refractivity contribution in [1.29, 1.82) is 0 Å². The van der Waals surface area contributed by atoms with Gasteiger partial charge in [-0.25, -0.2) is 15.0 Å². The fraction of sp³-hybridized carbons (Fsp3) is 0.0833. The van der Waals surface area contributed by atoms with E-state index in [0.717, 1.165) is 21.3 Å². The number of rotatable bonds is 1. The fourth-order valence-corrected chi connectivity index (χ4v) is 2.66. The fourth-order valence-electron chi connectivity index (χ4n) is 1.84. The van der Waals surface area contributed by atoms with Gasteiger partial charge in [-0.3, -0.25) is 0 Å². The molecule has 0 bridgehead atoms. The second-order valence-corrected chi connectivity index (χ2v) is 4.88. The van der Waals surface area contributed by atoms with Gasteiger partial charge in [-0.15, -0.1) is 0 Å². The molecular formula is C12H10N4S. The van der Waals surface area contributed by atoms with E-state index < -0.39 is 0 Å². The highest BCUT2D eigenvalue weighted by Crippen LogP contribution is 2.31. The number of nitrogens with two attached hydrogens (primary N) is 1. The van der Waals surface area contributed by atoms with E-state index in [1.165, 1.54) is 23.2 Å². The summed E-state index contributed by atoms with van der Waals surface area (Å²) in [7, 11) is 0. The van der Waals surface area contributed by atoms with Crippen LogP contribution < -0.4 is 5.73 Å². The molecule has 4 nitrogen and oxygen atoms in total. The molecule has 0 amide bonds. The molecule has 0 spiro atoms. The van der Waals surface area contributed by atoms with Gasteiger partial charge in [0.2, 0.25) is 0 Å². The lowest BCUT2D eigenvalue weighted by Crippen LogP contribution is -1.86. The Morgan fingerprint density at radius 2 is 1.94 bits per heavy atom. The second-order valence-electron chi connectivity index (χ2n) is 3.81. The zero-order chi connectivity index (χ0) is 11.8. The van der Waals surface area contributed by atoms with E-state index in [0.29, 0.717) is 5.13 Å². The molecular weight excluding hydrogens is 232 g/mol. The average molecular weight is 242 g/mol. The minimum Gasteiger partial charge on any atom is -0.375 e. The first-order valence-corrected chi connectivity index (χ1v) is 5.98. The van der Waals surface area contributed by atoms with Crippen LogP contribution in [0.4, 0.5) is 5.13 Å². The van der Waals surface area contributed by atoms with E-state index in [4.69, 9.17) is 5.73 Å². The number of anilines is 1. The van der Waals surface area contributed by atoms with Gasteiger partial charge in [-0.2, -0.15) is 0 Å². The summed E-state index contributed by atoms with van der Waals surface area (Å²) >= 11 is 1.51. The van der Waals surface area contributed by atoms with Crippen LogP contribution in [0.1, 0.15) is 5.56 Å². The Morgan fingerprint density at radius 1 is 1.18 bits per heavy atom. The molecule has 0 fully saturated rings. The predicted molar refractivity (Wildman–Crippen MR) is 69.8 cm³/mol. The third-order valence-corrected chi connectivity index (χ3v) is 3.47. The number of aryl methyl sites for hydroxylation is 1. The third kappa shape index (κ3) is 1.74. The SMILES string of the molecule is Cc1cc2sc(N)nc2cc1-c1cncnc1. The van der Waals surface area contributed by atoms with Crippen molar-refractivity contribution in [2.45, 2.75) is 6.92 Å². The van der Waals surface area contributed by atoms with Crippen LogP contribution in [0.2, 0.25) is 0 Å². The molecule has 1 aromatic carbocycles. The highest BCUT2D eigenvalue weighted by Gasteiger charge is 2.07. The van der Waals surface area contributed by atoms with Crippen LogP contribution in [0, 0.1) is 6.92 Å². The first kappa shape index (κ1) is 10.2. The van der Waals surface area contributed by atoms with Crippen LogP contribution in [0.5, 0.6) is 0 Å². The highest BCUT2D eigenvalue weighted by atomic mass is 32.1. The molecule has 0 atom stereocenters. The molecule has 2 N–H and O–H groups in total. The van der Waals surface area contributed by atoms with Gasteiger partial charge in [-0.05, 0) is 30.2 Å². The normalized spacial score (nSPS) is 10.9. The van der Waals surface area contributed by atoms with Crippen molar-refractivity contribution in [3.63, 3.8) is 0 Å². The van der Waals surface area contributed by atoms with Gasteiger partial charge >= 0.3 is 0 Å². The summed E-state index contributed by atoms with van der Waals surface area (Å²) < 4.78 is 1.11. The number of hydrogen-bond acceptors (Lipinski definition) is 5. The van der Waals surface area contributed by atoms with Crippen LogP contribution in [0.25, 0.3) is 21.3 Å². The predicted octanol–water partition coefficient (Wildman–Crippen LogP) is 2.64. The summed E-state index contributed by atoms with van der Waals surface area (Å²) in [4.78, 5) is 12.4. The summed E-state index contributed by atoms with van der Waals surface area (Å²) in [6, 6.07) is 4.14. The number of nitrogen functional groups attached to an aromatic ring is 1. The molecule has 0 aliphatic heterocycles. The topological polar surface area (TPSA) is 64.7 Å². The Kier molecular flexibility index (Phi) is 2.26. The van der Waals surface area contributed by atoms with E-state index in [1.807, 2.05) is 6.07 Å². The van der Waals surface area contributed by atoms with Gasteiger partial charge in [0.1, 0.15) is 6.33 Å². The van der Waals surface area contributed by atoms with Crippen molar-refractivity contribution in [3.05, 3.63) is 36.4 Å². The molecule has 0 aliphatic rings. The average Bonchev–Trinajstić information content (AvgIpc) is 2.68. The molecule has 0 unspecified atom stereocenters. The van der Waals surface area contributed by atoms with Gasteiger partial charge in [-0.1, -0.05) is 11.3 Å². The van der Waals surface area contributed by atoms with E-state index in [1.54, 1.807) is 12.4 Å². The maximum Gasteiger partial charge on any atom is 0.181 e. The summed E-state index contributed by atoms with van der Waals surface area (Å²) in [6.07, 6.45) is 5.13. The lowest BCUT2D eigenvalue weighted by atomic mass is 10.0. The quantitative estimate of drug-likeness (QED) is 0.712. The number of hydrogen-bond donors (Lipinski definition) is 1. The maximum atomic E-state index is 5.71. The van der Waals surface area contributed by atoms with Crippen LogP contribution in [-0.2, 0) is 0 Å². The van der Waals surface area contributed by atoms with E-state index in [9.17, 15) is 0 Å². The van der Waals surface area contributed by atoms with Crippen molar-refractivity contribution in [1.82, 2.24) is 15.0 Å². The Bertz CT molecular complexity index is 676. The first-order chi connectivity index (χ1) is 8.24. The number of aromatic nitrogens is 3. The first-order valence-electron chi connectivity index (χ1n) is 5.16. The van der Waals surface area contributed by atoms with Crippen LogP contribution in [0.3, 0.4) is 0 Å². The van der Waals surface area contributed by atoms with Crippen molar-refractivity contribution < 1.29 is 0 Å². The molecule has 84 valence electrons. The molecule has 2 heterocycles. The van der Waals surface area contributed by atoms with Gasteiger partial charge in [0.05, 0.1) is 10.2 Å². The van der Waals surface area contributed by atoms with Gasteiger partial charge in [0.15, 0.2) is 5.13 Å². The number of nitrogens with zero attached hydrogens (tertiary/aromatic N) is 3. The molecule has 0 saturated heterocycles. The Labute approximate surface area is 102 Å². The zero-order valence-corrected chi connectivity index (χ0v) is 10.0. The molecule has 0 aliphatic carbocycles. The third-order valence-electron chi connectivity index (χ3n) is 2.62. The van der Waals surface area contributed by atoms with Crippen molar-refractivity contribution in [2.24, 2.45) is 0 Å². The molecule has 3 rings (SSSR count). The molecule has 3 aromatic rings. The molecule has 0 saturated carbocycles. The molecule has 17 heavy (non-hydrogen) atoms. The van der Waals surface area contributed by atoms with E-state index in [2.05, 4.69) is 27.9 Å². The summed E-state index contributed by atoms with van der Waals surface area (Å²) in [5.41, 5.74) is 9.92. The Morgan fingerprint density at radius 3 is 2.71 bits per heavy atom. The van der Waals surface area contributed by atoms with Crippen molar-refractivity contribution >= 4 is 26.7 Å². The van der Waals surface area contributed by atoms with Gasteiger partial charge < -0.3 is 5.73 Å². The Hall–Kier alpha value is -2.01. The van der Waals surface area contributed by atoms with E-state index >= 15 is 0 Å². The minimum absolute atomic E-state index is 0.598. The molecule has 0 radical (unpaired) electrons. The largest absolute Gasteiger partial charge is 0.375 e. The van der Waals surface area contributed by atoms with Crippen LogP contribution in [-0.4, -0.2) is 15.0 Å². The lowest BCUT2D eigenvalue weighted by molar-refractivity contribution is 1.17. The number of benzene rings is 1. The summed E-state index contributed by atoms with van der Waals surface area (Å²) in [6.45, 7) is 2.07. The van der Waals surface area contributed by atoms with E-state index in [-0.39, 0.29) is 0 Å². The minimum atomic E-state index is 0.598. The van der Waals surface area contributed by atoms with Gasteiger partial charge in [0.25, 0.3) is 0 Å². The Balaban J connectivity index is 2.26. The summed E-state index contributed by atoms with van der Waals surface area (Å²) in [5.74, 6) is 0. The van der Waals surface area contributed by atoms with Gasteiger partial charge in [0, 0.05) is 18.0 Å². The maximum absolute atomic E-state index is 5.71. The van der Waals surface area contributed by atoms with Crippen molar-refractivity contribution in [2.75, 3.05) is 5.73 Å². The second kappa shape index (κ2) is 3.78. The zero-order valence-electron chi connectivity index (χ0n) is 9.21. The standard InChI is InChI=1S/C12H10N4S/c1-7-2-11-10(16-12(13)17-11)3-9(7)8-4-14-6-15-5-8/h2-6H,1H3,(H2,13,16). The van der Waals surface area contributed by atoms with Crippen LogP contribution in [0.15, 0.2) is 30.9 Å². The monoisotopic (exact) mass is 242 g/mol. The van der Waals surface area contributed by atoms with Crippen LogP contribution >= 0.6 is 11.3 Å². The lowest BCUT2D eigenvalue weighted by Gasteiger charge is -2.04.